The van der Waals surface area contributed by atoms with Crippen LogP contribution in [0.1, 0.15) is 62.0 Å². The molecule has 1 heterocycles. The SMILES string of the molecule is CCNC(=NCCCc1nnc(SC)n1C1CCCC1)NCCc1ccc(F)cc1C. The molecule has 8 heteroatoms. The monoisotopic (exact) mass is 446 g/mol. The summed E-state index contributed by atoms with van der Waals surface area (Å²) in [5, 5.41) is 16.6. The van der Waals surface area contributed by atoms with Gasteiger partial charge < -0.3 is 15.2 Å². The lowest BCUT2D eigenvalue weighted by Crippen LogP contribution is -2.38. The Morgan fingerprint density at radius 1 is 1.23 bits per heavy atom. The van der Waals surface area contributed by atoms with Crippen molar-refractivity contribution in [2.75, 3.05) is 25.9 Å². The van der Waals surface area contributed by atoms with E-state index in [0.29, 0.717) is 6.04 Å². The van der Waals surface area contributed by atoms with Gasteiger partial charge in [-0.15, -0.1) is 10.2 Å². The average molecular weight is 447 g/mol. The fourth-order valence-corrected chi connectivity index (χ4v) is 4.75. The molecule has 0 unspecified atom stereocenters. The summed E-state index contributed by atoms with van der Waals surface area (Å²) < 4.78 is 15.6. The molecule has 0 atom stereocenters. The predicted octanol–water partition coefficient (Wildman–Crippen LogP) is 4.29. The van der Waals surface area contributed by atoms with Crippen LogP contribution >= 0.6 is 11.8 Å². The Balaban J connectivity index is 1.50. The highest BCUT2D eigenvalue weighted by Gasteiger charge is 2.23. The highest BCUT2D eigenvalue weighted by atomic mass is 32.2. The second-order valence-electron chi connectivity index (χ2n) is 8.02. The minimum Gasteiger partial charge on any atom is -0.357 e. The third kappa shape index (κ3) is 6.69. The molecule has 1 saturated carbocycles. The Hall–Kier alpha value is -2.09. The number of aromatic nitrogens is 3. The Kier molecular flexibility index (Phi) is 9.18. The second-order valence-corrected chi connectivity index (χ2v) is 8.80. The number of thioether (sulfide) groups is 1. The van der Waals surface area contributed by atoms with Gasteiger partial charge in [0.05, 0.1) is 0 Å². The number of hydrogen-bond donors (Lipinski definition) is 2. The third-order valence-corrected chi connectivity index (χ3v) is 6.42. The van der Waals surface area contributed by atoms with Gasteiger partial charge in [-0.1, -0.05) is 30.7 Å². The van der Waals surface area contributed by atoms with E-state index in [4.69, 9.17) is 4.99 Å². The standard InChI is InChI=1S/C23H35FN6S/c1-4-25-22(27-15-13-18-11-12-19(24)16-17(18)2)26-14-7-10-21-28-29-23(31-3)30(21)20-8-5-6-9-20/h11-12,16,20H,4-10,13-15H2,1-3H3,(H2,25,26,27). The van der Waals surface area contributed by atoms with E-state index in [1.165, 1.54) is 31.7 Å². The molecule has 1 aromatic heterocycles. The number of nitrogens with one attached hydrogen (secondary N) is 2. The maximum atomic E-state index is 13.3. The topological polar surface area (TPSA) is 67.1 Å². The first-order valence-electron chi connectivity index (χ1n) is 11.4. The number of aliphatic imine (C=N–C) groups is 1. The van der Waals surface area contributed by atoms with Crippen molar-refractivity contribution < 1.29 is 4.39 Å². The molecule has 1 fully saturated rings. The number of aryl methyl sites for hydroxylation is 2. The van der Waals surface area contributed by atoms with Gasteiger partial charge in [0.25, 0.3) is 0 Å². The van der Waals surface area contributed by atoms with E-state index >= 15 is 0 Å². The summed E-state index contributed by atoms with van der Waals surface area (Å²) in [5.41, 5.74) is 2.14. The first-order valence-corrected chi connectivity index (χ1v) is 12.6. The minimum absolute atomic E-state index is 0.183. The number of rotatable bonds is 10. The molecule has 2 aromatic rings. The van der Waals surface area contributed by atoms with E-state index in [0.717, 1.165) is 67.0 Å². The number of benzene rings is 1. The quantitative estimate of drug-likeness (QED) is 0.247. The van der Waals surface area contributed by atoms with Gasteiger partial charge in [-0.2, -0.15) is 0 Å². The largest absolute Gasteiger partial charge is 0.357 e. The van der Waals surface area contributed by atoms with Crippen LogP contribution in [0, 0.1) is 12.7 Å². The molecule has 0 bridgehead atoms. The van der Waals surface area contributed by atoms with E-state index in [-0.39, 0.29) is 5.82 Å². The molecule has 0 amide bonds. The van der Waals surface area contributed by atoms with Crippen molar-refractivity contribution in [1.82, 2.24) is 25.4 Å². The molecule has 6 nitrogen and oxygen atoms in total. The highest BCUT2D eigenvalue weighted by Crippen LogP contribution is 2.33. The summed E-state index contributed by atoms with van der Waals surface area (Å²) >= 11 is 1.68. The Labute approximate surface area is 189 Å². The van der Waals surface area contributed by atoms with Gasteiger partial charge in [-0.3, -0.25) is 4.99 Å². The van der Waals surface area contributed by atoms with Crippen molar-refractivity contribution in [2.45, 2.75) is 70.0 Å². The average Bonchev–Trinajstić information content (AvgIpc) is 3.41. The van der Waals surface area contributed by atoms with E-state index < -0.39 is 0 Å². The molecule has 3 rings (SSSR count). The Bertz CT molecular complexity index is 860. The summed E-state index contributed by atoms with van der Waals surface area (Å²) in [6.07, 6.45) is 9.81. The van der Waals surface area contributed by atoms with Gasteiger partial charge in [-0.05, 0) is 69.0 Å². The molecule has 1 aliphatic carbocycles. The normalized spacial score (nSPS) is 14.9. The number of hydrogen-bond acceptors (Lipinski definition) is 4. The lowest BCUT2D eigenvalue weighted by atomic mass is 10.1. The molecule has 31 heavy (non-hydrogen) atoms. The molecule has 0 aliphatic heterocycles. The van der Waals surface area contributed by atoms with Crippen molar-refractivity contribution in [3.8, 4) is 0 Å². The van der Waals surface area contributed by atoms with Crippen LogP contribution in [0.25, 0.3) is 0 Å². The van der Waals surface area contributed by atoms with Crippen LogP contribution < -0.4 is 10.6 Å². The zero-order valence-corrected chi connectivity index (χ0v) is 19.8. The highest BCUT2D eigenvalue weighted by molar-refractivity contribution is 7.98. The zero-order valence-electron chi connectivity index (χ0n) is 19.0. The Morgan fingerprint density at radius 3 is 2.74 bits per heavy atom. The lowest BCUT2D eigenvalue weighted by Gasteiger charge is -2.16. The van der Waals surface area contributed by atoms with E-state index in [9.17, 15) is 4.39 Å². The van der Waals surface area contributed by atoms with Gasteiger partial charge in [-0.25, -0.2) is 4.39 Å². The van der Waals surface area contributed by atoms with Gasteiger partial charge in [0.1, 0.15) is 11.6 Å². The third-order valence-electron chi connectivity index (χ3n) is 5.77. The molecule has 1 aliphatic rings. The molecular formula is C23H35FN6S. The van der Waals surface area contributed by atoms with Gasteiger partial charge in [0.2, 0.25) is 0 Å². The van der Waals surface area contributed by atoms with Crippen LogP contribution in [0.2, 0.25) is 0 Å². The lowest BCUT2D eigenvalue weighted by molar-refractivity contribution is 0.461. The summed E-state index contributed by atoms with van der Waals surface area (Å²) in [5.74, 6) is 1.73. The van der Waals surface area contributed by atoms with Crippen LogP contribution in [0.3, 0.4) is 0 Å². The van der Waals surface area contributed by atoms with Gasteiger partial charge in [0, 0.05) is 32.1 Å². The summed E-state index contributed by atoms with van der Waals surface area (Å²) in [4.78, 5) is 4.72. The Morgan fingerprint density at radius 2 is 2.03 bits per heavy atom. The molecule has 0 radical (unpaired) electrons. The molecule has 170 valence electrons. The zero-order chi connectivity index (χ0) is 22.1. The fraction of sp³-hybridized carbons (Fsp3) is 0.609. The second kappa shape index (κ2) is 12.1. The van der Waals surface area contributed by atoms with Crippen LogP contribution in [0.5, 0.6) is 0 Å². The van der Waals surface area contributed by atoms with E-state index in [2.05, 4.69) is 38.6 Å². The van der Waals surface area contributed by atoms with E-state index in [1.54, 1.807) is 17.8 Å². The van der Waals surface area contributed by atoms with Crippen molar-refractivity contribution in [1.29, 1.82) is 0 Å². The van der Waals surface area contributed by atoms with Crippen LogP contribution in [0.15, 0.2) is 28.3 Å². The number of guanidine groups is 1. The minimum atomic E-state index is -0.183. The van der Waals surface area contributed by atoms with Crippen molar-refractivity contribution >= 4 is 17.7 Å². The predicted molar refractivity (Wildman–Crippen MR) is 126 cm³/mol. The van der Waals surface area contributed by atoms with Crippen LogP contribution in [-0.4, -0.2) is 46.6 Å². The number of nitrogens with zero attached hydrogens (tertiary/aromatic N) is 4. The van der Waals surface area contributed by atoms with Crippen molar-refractivity contribution in [3.05, 3.63) is 41.0 Å². The molecule has 1 aromatic carbocycles. The maximum Gasteiger partial charge on any atom is 0.191 e. The van der Waals surface area contributed by atoms with Gasteiger partial charge in [0.15, 0.2) is 11.1 Å². The summed E-state index contributed by atoms with van der Waals surface area (Å²) in [6, 6.07) is 5.53. The summed E-state index contributed by atoms with van der Waals surface area (Å²) in [6.45, 7) is 6.32. The van der Waals surface area contributed by atoms with Crippen molar-refractivity contribution in [2.24, 2.45) is 4.99 Å². The first-order chi connectivity index (χ1) is 15.1. The molecule has 0 spiro atoms. The van der Waals surface area contributed by atoms with Crippen molar-refractivity contribution in [3.63, 3.8) is 0 Å². The van der Waals surface area contributed by atoms with Crippen LogP contribution in [-0.2, 0) is 12.8 Å². The smallest absolute Gasteiger partial charge is 0.191 e. The molecule has 2 N–H and O–H groups in total. The van der Waals surface area contributed by atoms with Gasteiger partial charge >= 0.3 is 0 Å². The number of halogens is 1. The summed E-state index contributed by atoms with van der Waals surface area (Å²) in [7, 11) is 0. The fourth-order valence-electron chi connectivity index (χ4n) is 4.17. The molecule has 0 saturated heterocycles. The van der Waals surface area contributed by atoms with E-state index in [1.807, 2.05) is 13.0 Å². The van der Waals surface area contributed by atoms with Crippen LogP contribution in [0.4, 0.5) is 4.39 Å². The first kappa shape index (κ1) is 23.6. The molecular weight excluding hydrogens is 411 g/mol. The maximum absolute atomic E-state index is 13.3.